The Kier molecular flexibility index (Phi) is 14.7. The van der Waals surface area contributed by atoms with Crippen LogP contribution in [-0.4, -0.2) is 65.8 Å². The first-order valence-electron chi connectivity index (χ1n) is 19.3. The van der Waals surface area contributed by atoms with Gasteiger partial charge in [-0.05, 0) is 68.1 Å². The van der Waals surface area contributed by atoms with Gasteiger partial charge in [0.05, 0.1) is 23.6 Å². The second kappa shape index (κ2) is 17.8. The first-order chi connectivity index (χ1) is 23.4. The van der Waals surface area contributed by atoms with Crippen molar-refractivity contribution in [2.75, 3.05) is 13.1 Å². The third kappa shape index (κ3) is 10.6. The van der Waals surface area contributed by atoms with Crippen LogP contribution in [0.15, 0.2) is 49.6 Å². The van der Waals surface area contributed by atoms with E-state index in [0.717, 1.165) is 37.3 Å². The molecule has 2 aliphatic carbocycles. The average molecular weight is 695 g/mol. The number of carbonyl (C=O) groups is 3. The Bertz CT molecular complexity index is 1240. The van der Waals surface area contributed by atoms with Gasteiger partial charge in [0.2, 0.25) is 11.8 Å². The molecule has 0 aromatic carbocycles. The maximum atomic E-state index is 14.3. The number of likely N-dealkylation sites (tertiary alicyclic amines) is 1. The van der Waals surface area contributed by atoms with Crippen molar-refractivity contribution in [3.8, 4) is 0 Å². The van der Waals surface area contributed by atoms with Crippen LogP contribution in [0.4, 0.5) is 0 Å². The lowest BCUT2D eigenvalue weighted by atomic mass is 9.84. The molecule has 50 heavy (non-hydrogen) atoms. The minimum Gasteiger partial charge on any atom is -0.379 e. The molecule has 3 aliphatic rings. The summed E-state index contributed by atoms with van der Waals surface area (Å²) >= 11 is 0. The van der Waals surface area contributed by atoms with E-state index in [1.165, 1.54) is 25.7 Å². The Hall–Kier alpha value is -3.23. The molecule has 0 radical (unpaired) electrons. The number of hydrogen-bond acceptors (Lipinski definition) is 7. The van der Waals surface area contributed by atoms with Crippen LogP contribution in [0.3, 0.4) is 0 Å². The van der Waals surface area contributed by atoms with E-state index in [-0.39, 0.29) is 52.5 Å². The largest absolute Gasteiger partial charge is 0.379 e. The molecule has 1 aliphatic heterocycles. The van der Waals surface area contributed by atoms with Crippen LogP contribution in [0.2, 0.25) is 0 Å². The van der Waals surface area contributed by atoms with Crippen LogP contribution < -0.4 is 26.6 Å². The second-order valence-corrected chi connectivity index (χ2v) is 17.1. The fourth-order valence-electron chi connectivity index (χ4n) is 8.32. The first-order valence-corrected chi connectivity index (χ1v) is 19.3. The van der Waals surface area contributed by atoms with Gasteiger partial charge in [-0.2, -0.15) is 0 Å². The summed E-state index contributed by atoms with van der Waals surface area (Å²) in [4.78, 5) is 42.5. The molecule has 0 aromatic rings. The maximum Gasteiger partial charge on any atom is 0.243 e. The molecule has 9 nitrogen and oxygen atoms in total. The minimum absolute atomic E-state index is 0.0194. The summed E-state index contributed by atoms with van der Waals surface area (Å²) in [6.07, 6.45) is 11.0. The summed E-state index contributed by atoms with van der Waals surface area (Å²) in [5.74, 6) is 1.36. The molecule has 3 rings (SSSR count). The third-order valence-corrected chi connectivity index (χ3v) is 11.4. The highest BCUT2D eigenvalue weighted by atomic mass is 16.2. The van der Waals surface area contributed by atoms with Gasteiger partial charge >= 0.3 is 0 Å². The van der Waals surface area contributed by atoms with Gasteiger partial charge in [0, 0.05) is 37.3 Å². The standard InChI is InChI=1S/C41H70N6O3/c1-13-19-32(38(49)27(5)42-24-14-2)46-39(50)37-35-31(41(35,11)12)25-47(37)28(6)36(30-20-17-15-16-18-21-30)45-29(7)44-33(40(8,9)10)22-23-34(48)43-26(3)4/h14,26,30-33,35-37,42,44-45H,2,5-7,13,15-25H2,1,3-4,8-12H3,(H,43,48)(H,46,50)/t31-,32?,33?,35-,36?,37?/m0/s1. The van der Waals surface area contributed by atoms with Crippen LogP contribution >= 0.6 is 0 Å². The summed E-state index contributed by atoms with van der Waals surface area (Å²) in [7, 11) is 0. The van der Waals surface area contributed by atoms with Gasteiger partial charge in [0.15, 0.2) is 5.78 Å². The number of amides is 2. The normalized spacial score (nSPS) is 23.4. The zero-order chi connectivity index (χ0) is 37.4. The van der Waals surface area contributed by atoms with Crippen LogP contribution in [0.1, 0.15) is 120 Å². The highest BCUT2D eigenvalue weighted by Crippen LogP contribution is 2.65. The van der Waals surface area contributed by atoms with Gasteiger partial charge in [-0.25, -0.2) is 0 Å². The zero-order valence-corrected chi connectivity index (χ0v) is 32.7. The molecule has 0 bridgehead atoms. The van der Waals surface area contributed by atoms with Gasteiger partial charge in [0.1, 0.15) is 6.04 Å². The lowest BCUT2D eigenvalue weighted by molar-refractivity contribution is -0.130. The van der Waals surface area contributed by atoms with Crippen LogP contribution in [-0.2, 0) is 14.4 Å². The number of piperidine rings is 1. The number of ketones is 1. The molecule has 9 heteroatoms. The van der Waals surface area contributed by atoms with E-state index in [1.54, 1.807) is 6.08 Å². The molecule has 282 valence electrons. The fourth-order valence-corrected chi connectivity index (χ4v) is 8.32. The van der Waals surface area contributed by atoms with Crippen molar-refractivity contribution in [1.29, 1.82) is 0 Å². The molecule has 4 unspecified atom stereocenters. The summed E-state index contributed by atoms with van der Waals surface area (Å²) < 4.78 is 0. The lowest BCUT2D eigenvalue weighted by Crippen LogP contribution is -2.55. The van der Waals surface area contributed by atoms with E-state index in [1.807, 2.05) is 20.8 Å². The Morgan fingerprint density at radius 1 is 0.940 bits per heavy atom. The molecule has 2 amide bonds. The molecule has 3 fully saturated rings. The summed E-state index contributed by atoms with van der Waals surface area (Å²) in [6, 6.07) is -1.04. The van der Waals surface area contributed by atoms with Crippen molar-refractivity contribution in [3.05, 3.63) is 49.6 Å². The number of nitrogens with zero attached hydrogens (tertiary/aromatic N) is 1. The van der Waals surface area contributed by atoms with Crippen molar-refractivity contribution in [2.24, 2.45) is 28.6 Å². The van der Waals surface area contributed by atoms with Crippen LogP contribution in [0.25, 0.3) is 0 Å². The maximum absolute atomic E-state index is 14.3. The molecular weight excluding hydrogens is 624 g/mol. The van der Waals surface area contributed by atoms with E-state index < -0.39 is 12.1 Å². The number of Topliss-reactive ketones (excluding diaryl/α,β-unsaturated/α-hetero) is 1. The highest BCUT2D eigenvalue weighted by Gasteiger charge is 2.69. The van der Waals surface area contributed by atoms with Gasteiger partial charge < -0.3 is 31.5 Å². The predicted molar refractivity (Wildman–Crippen MR) is 206 cm³/mol. The lowest BCUT2D eigenvalue weighted by Gasteiger charge is -2.41. The van der Waals surface area contributed by atoms with Crippen molar-refractivity contribution in [3.63, 3.8) is 0 Å². The van der Waals surface area contributed by atoms with Crippen molar-refractivity contribution in [1.82, 2.24) is 31.5 Å². The number of rotatable bonds is 20. The third-order valence-electron chi connectivity index (χ3n) is 11.4. The SMILES string of the molecule is C=CCNC(=C)C(=O)C(CCC)NC(=O)C1[C@@H]2[C@H](CN1C(=C)C(NC(=C)NC(CCC(=O)NC(C)C)C(C)(C)C)C1CCCCCC1)C2(C)C. The Balaban J connectivity index is 1.85. The second-order valence-electron chi connectivity index (χ2n) is 17.1. The quantitative estimate of drug-likeness (QED) is 0.0577. The van der Waals surface area contributed by atoms with E-state index in [4.69, 9.17) is 6.58 Å². The van der Waals surface area contributed by atoms with Gasteiger partial charge in [0.25, 0.3) is 0 Å². The molecule has 0 aromatic heterocycles. The minimum atomic E-state index is -0.648. The van der Waals surface area contributed by atoms with Crippen molar-refractivity contribution < 1.29 is 14.4 Å². The number of nitrogens with one attached hydrogen (secondary N) is 5. The van der Waals surface area contributed by atoms with Crippen LogP contribution in [0.5, 0.6) is 0 Å². The topological polar surface area (TPSA) is 115 Å². The molecule has 5 N–H and O–H groups in total. The summed E-state index contributed by atoms with van der Waals surface area (Å²) in [5, 5.41) is 16.6. The van der Waals surface area contributed by atoms with E-state index in [0.29, 0.717) is 43.3 Å². The van der Waals surface area contributed by atoms with E-state index in [2.05, 4.69) is 85.8 Å². The molecule has 1 saturated heterocycles. The Labute approximate surface area is 304 Å². The Morgan fingerprint density at radius 3 is 2.14 bits per heavy atom. The van der Waals surface area contributed by atoms with Gasteiger partial charge in [-0.15, -0.1) is 6.58 Å². The van der Waals surface area contributed by atoms with Crippen molar-refractivity contribution >= 4 is 17.6 Å². The number of fused-ring (bicyclic) bond motifs is 1. The van der Waals surface area contributed by atoms with E-state index >= 15 is 0 Å². The average Bonchev–Trinajstić information content (AvgIpc) is 3.45. The summed E-state index contributed by atoms with van der Waals surface area (Å²) in [5.41, 5.74) is 1.14. The molecule has 2 saturated carbocycles. The molecule has 6 atom stereocenters. The highest BCUT2D eigenvalue weighted by molar-refractivity contribution is 6.01. The van der Waals surface area contributed by atoms with Gasteiger partial charge in [-0.1, -0.05) is 99.5 Å². The number of carbonyl (C=O) groups excluding carboxylic acids is 3. The van der Waals surface area contributed by atoms with E-state index in [9.17, 15) is 14.4 Å². The number of hydrogen-bond donors (Lipinski definition) is 5. The zero-order valence-electron chi connectivity index (χ0n) is 32.7. The molecular formula is C41H70N6O3. The van der Waals surface area contributed by atoms with Gasteiger partial charge in [-0.3, -0.25) is 14.4 Å². The molecule has 0 spiro atoms. The van der Waals surface area contributed by atoms with Crippen molar-refractivity contribution in [2.45, 2.75) is 150 Å². The predicted octanol–water partition coefficient (Wildman–Crippen LogP) is 6.31. The van der Waals surface area contributed by atoms with Crippen LogP contribution in [0, 0.1) is 28.6 Å². The first kappa shape index (κ1) is 41.2. The fraction of sp³-hybridized carbons (Fsp3) is 0.732. The Morgan fingerprint density at radius 2 is 1.58 bits per heavy atom. The monoisotopic (exact) mass is 695 g/mol. The molecule has 1 heterocycles. The smallest absolute Gasteiger partial charge is 0.243 e. The summed E-state index contributed by atoms with van der Waals surface area (Å²) in [6.45, 7) is 35.0.